The van der Waals surface area contributed by atoms with E-state index in [1.807, 2.05) is 0 Å². The van der Waals surface area contributed by atoms with E-state index in [2.05, 4.69) is 192 Å². The van der Waals surface area contributed by atoms with Gasteiger partial charge < -0.3 is 14.0 Å². The Hall–Kier alpha value is -5.80. The van der Waals surface area contributed by atoms with Gasteiger partial charge in [-0.2, -0.15) is 0 Å². The second-order valence-electron chi connectivity index (χ2n) is 12.7. The summed E-state index contributed by atoms with van der Waals surface area (Å²) in [6.07, 6.45) is 2.37. The maximum atomic E-state index is 2.47. The average Bonchev–Trinajstić information content (AvgIpc) is 3.72. The van der Waals surface area contributed by atoms with Crippen molar-refractivity contribution in [2.24, 2.45) is 0 Å². The summed E-state index contributed by atoms with van der Waals surface area (Å²) in [7, 11) is 0. The van der Waals surface area contributed by atoms with E-state index in [0.29, 0.717) is 0 Å². The molecule has 6 aromatic carbocycles. The molecule has 8 aromatic rings. The SMILES string of the molecule is CC1(C)c2ccccc2-n2cc3c4cc(-c5ccc(N(c6ccccc6)c6ccccc6)cc5)ccc4n(-c4ccccc4)c3c21. The van der Waals surface area contributed by atoms with Crippen LogP contribution in [0.4, 0.5) is 17.1 Å². The van der Waals surface area contributed by atoms with Gasteiger partial charge in [0.15, 0.2) is 0 Å². The lowest BCUT2D eigenvalue weighted by Gasteiger charge is -2.25. The van der Waals surface area contributed by atoms with Gasteiger partial charge in [-0.1, -0.05) is 105 Å². The van der Waals surface area contributed by atoms with Crippen LogP contribution < -0.4 is 4.90 Å². The van der Waals surface area contributed by atoms with Crippen molar-refractivity contribution in [2.75, 3.05) is 4.90 Å². The Morgan fingerprint density at radius 2 is 1.09 bits per heavy atom. The van der Waals surface area contributed by atoms with Crippen LogP contribution in [0.3, 0.4) is 0 Å². The van der Waals surface area contributed by atoms with E-state index in [-0.39, 0.29) is 5.41 Å². The number of rotatable bonds is 5. The zero-order valence-corrected chi connectivity index (χ0v) is 25.9. The Morgan fingerprint density at radius 1 is 0.522 bits per heavy atom. The third-order valence-corrected chi connectivity index (χ3v) is 9.66. The van der Waals surface area contributed by atoms with Crippen molar-refractivity contribution in [1.29, 1.82) is 0 Å². The molecule has 0 bridgehead atoms. The zero-order chi connectivity index (χ0) is 30.8. The summed E-state index contributed by atoms with van der Waals surface area (Å²) in [4.78, 5) is 2.30. The minimum atomic E-state index is -0.124. The normalized spacial score (nSPS) is 13.2. The van der Waals surface area contributed by atoms with Gasteiger partial charge in [0.2, 0.25) is 0 Å². The Morgan fingerprint density at radius 3 is 1.76 bits per heavy atom. The van der Waals surface area contributed by atoms with E-state index < -0.39 is 0 Å². The second kappa shape index (κ2) is 10.1. The minimum absolute atomic E-state index is 0.124. The van der Waals surface area contributed by atoms with Crippen molar-refractivity contribution in [3.05, 3.63) is 175 Å². The van der Waals surface area contributed by atoms with Gasteiger partial charge in [0.05, 0.1) is 16.7 Å². The minimum Gasteiger partial charge on any atom is -0.317 e. The van der Waals surface area contributed by atoms with Crippen molar-refractivity contribution < 1.29 is 0 Å². The highest BCUT2D eigenvalue weighted by molar-refractivity contribution is 6.12. The monoisotopic (exact) mass is 591 g/mol. The van der Waals surface area contributed by atoms with Crippen molar-refractivity contribution in [3.8, 4) is 22.5 Å². The first-order valence-electron chi connectivity index (χ1n) is 16.0. The molecule has 9 rings (SSSR count). The molecule has 0 aliphatic carbocycles. The number of para-hydroxylation sites is 4. The molecule has 0 unspecified atom stereocenters. The highest BCUT2D eigenvalue weighted by atomic mass is 15.1. The molecule has 3 heterocycles. The molecular formula is C43H33N3. The highest BCUT2D eigenvalue weighted by Gasteiger charge is 2.39. The summed E-state index contributed by atoms with van der Waals surface area (Å²) in [5.41, 5.74) is 13.4. The summed E-state index contributed by atoms with van der Waals surface area (Å²) < 4.78 is 4.90. The molecule has 0 spiro atoms. The van der Waals surface area contributed by atoms with Crippen LogP contribution >= 0.6 is 0 Å². The number of anilines is 3. The lowest BCUT2D eigenvalue weighted by Crippen LogP contribution is -2.16. The van der Waals surface area contributed by atoms with Gasteiger partial charge in [-0.05, 0) is 83.4 Å². The molecule has 0 amide bonds. The van der Waals surface area contributed by atoms with E-state index in [9.17, 15) is 0 Å². The average molecular weight is 592 g/mol. The van der Waals surface area contributed by atoms with E-state index in [4.69, 9.17) is 0 Å². The van der Waals surface area contributed by atoms with Crippen LogP contribution in [0, 0.1) is 0 Å². The van der Waals surface area contributed by atoms with Crippen molar-refractivity contribution in [1.82, 2.24) is 9.13 Å². The van der Waals surface area contributed by atoms with E-state index >= 15 is 0 Å². The summed E-state index contributed by atoms with van der Waals surface area (Å²) in [5, 5.41) is 2.56. The first kappa shape index (κ1) is 26.6. The molecule has 1 aliphatic rings. The molecule has 2 aromatic heterocycles. The van der Waals surface area contributed by atoms with Crippen LogP contribution in [-0.4, -0.2) is 9.13 Å². The molecule has 220 valence electrons. The summed E-state index contributed by atoms with van der Waals surface area (Å²) in [6.45, 7) is 4.72. The zero-order valence-electron chi connectivity index (χ0n) is 25.9. The number of benzene rings is 6. The highest BCUT2D eigenvalue weighted by Crippen LogP contribution is 2.49. The molecule has 0 fully saturated rings. The predicted octanol–water partition coefficient (Wildman–Crippen LogP) is 11.4. The Balaban J connectivity index is 1.21. The molecule has 3 nitrogen and oxygen atoms in total. The maximum absolute atomic E-state index is 2.47. The van der Waals surface area contributed by atoms with Gasteiger partial charge >= 0.3 is 0 Å². The quantitative estimate of drug-likeness (QED) is 0.194. The van der Waals surface area contributed by atoms with E-state index in [1.54, 1.807) is 0 Å². The molecule has 0 N–H and O–H groups in total. The number of nitrogens with zero attached hydrogens (tertiary/aromatic N) is 3. The molecule has 0 saturated carbocycles. The maximum Gasteiger partial charge on any atom is 0.0763 e. The number of hydrogen-bond donors (Lipinski definition) is 0. The summed E-state index contributed by atoms with van der Waals surface area (Å²) in [5.74, 6) is 0. The lowest BCUT2D eigenvalue weighted by atomic mass is 9.83. The van der Waals surface area contributed by atoms with Gasteiger partial charge in [-0.25, -0.2) is 0 Å². The molecule has 0 atom stereocenters. The van der Waals surface area contributed by atoms with Crippen LogP contribution in [0.1, 0.15) is 25.1 Å². The molecule has 46 heavy (non-hydrogen) atoms. The van der Waals surface area contributed by atoms with Crippen LogP contribution in [0.2, 0.25) is 0 Å². The first-order valence-corrected chi connectivity index (χ1v) is 16.0. The summed E-state index contributed by atoms with van der Waals surface area (Å²) >= 11 is 0. The predicted molar refractivity (Wildman–Crippen MR) is 192 cm³/mol. The van der Waals surface area contributed by atoms with E-state index in [1.165, 1.54) is 55.6 Å². The van der Waals surface area contributed by atoms with Gasteiger partial charge in [0, 0.05) is 50.8 Å². The number of hydrogen-bond acceptors (Lipinski definition) is 1. The Bertz CT molecular complexity index is 2320. The van der Waals surface area contributed by atoms with Gasteiger partial charge in [-0.3, -0.25) is 0 Å². The number of aromatic nitrogens is 2. The molecule has 1 aliphatic heterocycles. The van der Waals surface area contributed by atoms with Crippen LogP contribution in [0.15, 0.2) is 164 Å². The van der Waals surface area contributed by atoms with Gasteiger partial charge in [0.25, 0.3) is 0 Å². The fraction of sp³-hybridized carbons (Fsp3) is 0.0698. The standard InChI is InChI=1S/C43H33N3/c1-43(2)38-20-12-13-21-40(38)44-29-37-36-28-31(24-27-39(36)46(41(37)42(43)44)34-18-10-5-11-19-34)30-22-25-35(26-23-30)45(32-14-6-3-7-15-32)33-16-8-4-9-17-33/h3-29H,1-2H3. The molecule has 0 saturated heterocycles. The fourth-order valence-corrected chi connectivity index (χ4v) is 7.54. The molecule has 3 heteroatoms. The van der Waals surface area contributed by atoms with Crippen molar-refractivity contribution >= 4 is 38.9 Å². The van der Waals surface area contributed by atoms with E-state index in [0.717, 1.165) is 17.1 Å². The number of fused-ring (bicyclic) bond motifs is 7. The lowest BCUT2D eigenvalue weighted by molar-refractivity contribution is 0.646. The van der Waals surface area contributed by atoms with Crippen molar-refractivity contribution in [2.45, 2.75) is 19.3 Å². The second-order valence-corrected chi connectivity index (χ2v) is 12.7. The Labute approximate surface area is 269 Å². The Kier molecular flexibility index (Phi) is 5.85. The van der Waals surface area contributed by atoms with Crippen LogP contribution in [-0.2, 0) is 5.41 Å². The molecule has 0 radical (unpaired) electrons. The fourth-order valence-electron chi connectivity index (χ4n) is 7.54. The largest absolute Gasteiger partial charge is 0.317 e. The smallest absolute Gasteiger partial charge is 0.0763 e. The van der Waals surface area contributed by atoms with Crippen molar-refractivity contribution in [3.63, 3.8) is 0 Å². The molecular weight excluding hydrogens is 558 g/mol. The van der Waals surface area contributed by atoms with Crippen LogP contribution in [0.5, 0.6) is 0 Å². The third-order valence-electron chi connectivity index (χ3n) is 9.66. The third kappa shape index (κ3) is 3.92. The van der Waals surface area contributed by atoms with Gasteiger partial charge in [-0.15, -0.1) is 0 Å². The first-order chi connectivity index (χ1) is 22.6. The summed E-state index contributed by atoms with van der Waals surface area (Å²) in [6, 6.07) is 56.7. The van der Waals surface area contributed by atoms with Crippen LogP contribution in [0.25, 0.3) is 44.3 Å². The topological polar surface area (TPSA) is 13.1 Å². The van der Waals surface area contributed by atoms with Gasteiger partial charge in [0.1, 0.15) is 0 Å².